The van der Waals surface area contributed by atoms with Gasteiger partial charge in [-0.1, -0.05) is 56.3 Å². The van der Waals surface area contributed by atoms with Crippen LogP contribution >= 0.6 is 0 Å². The standard InChI is InChI=1S/C17H22O2/c1-12(2)17-15(18)10-14(11-16(17)19)9-8-13-6-4-3-5-7-13/h3-9,12,14-15,17-18H,10-11H2,1-2H3/b9-8+. The van der Waals surface area contributed by atoms with E-state index in [4.69, 9.17) is 0 Å². The predicted octanol–water partition coefficient (Wildman–Crippen LogP) is 3.31. The molecule has 1 N–H and O–H groups in total. The molecule has 1 fully saturated rings. The summed E-state index contributed by atoms with van der Waals surface area (Å²) in [7, 11) is 0. The Bertz CT molecular complexity index is 448. The molecule has 1 saturated carbocycles. The molecule has 102 valence electrons. The number of allylic oxidation sites excluding steroid dienone is 1. The molecule has 19 heavy (non-hydrogen) atoms. The van der Waals surface area contributed by atoms with Gasteiger partial charge >= 0.3 is 0 Å². The minimum absolute atomic E-state index is 0.165. The number of Topliss-reactive ketones (excluding diaryl/α,β-unsaturated/α-hetero) is 1. The van der Waals surface area contributed by atoms with Gasteiger partial charge in [0.05, 0.1) is 6.10 Å². The van der Waals surface area contributed by atoms with Gasteiger partial charge in [0.2, 0.25) is 0 Å². The van der Waals surface area contributed by atoms with Crippen LogP contribution in [0.2, 0.25) is 0 Å². The van der Waals surface area contributed by atoms with Gasteiger partial charge in [-0.2, -0.15) is 0 Å². The lowest BCUT2D eigenvalue weighted by Gasteiger charge is -2.33. The van der Waals surface area contributed by atoms with Gasteiger partial charge in [-0.15, -0.1) is 0 Å². The van der Waals surface area contributed by atoms with E-state index in [1.54, 1.807) is 0 Å². The van der Waals surface area contributed by atoms with E-state index >= 15 is 0 Å². The quantitative estimate of drug-likeness (QED) is 0.903. The molecule has 2 heteroatoms. The Balaban J connectivity index is 2.01. The van der Waals surface area contributed by atoms with E-state index < -0.39 is 6.10 Å². The van der Waals surface area contributed by atoms with Crippen molar-refractivity contribution < 1.29 is 9.90 Å². The molecule has 1 aromatic rings. The van der Waals surface area contributed by atoms with Crippen LogP contribution < -0.4 is 0 Å². The molecule has 3 atom stereocenters. The topological polar surface area (TPSA) is 37.3 Å². The molecule has 0 amide bonds. The van der Waals surface area contributed by atoms with Gasteiger partial charge in [-0.3, -0.25) is 4.79 Å². The zero-order valence-corrected chi connectivity index (χ0v) is 11.6. The molecule has 2 rings (SSSR count). The SMILES string of the molecule is CC(C)C1C(=O)CC(/C=C/c2ccccc2)CC1O. The van der Waals surface area contributed by atoms with Gasteiger partial charge in [-0.05, 0) is 23.8 Å². The molecule has 1 aliphatic carbocycles. The van der Waals surface area contributed by atoms with Gasteiger partial charge < -0.3 is 5.11 Å². The average Bonchev–Trinajstić information content (AvgIpc) is 2.36. The molecule has 0 saturated heterocycles. The zero-order valence-electron chi connectivity index (χ0n) is 11.6. The fourth-order valence-electron chi connectivity index (χ4n) is 2.92. The third-order valence-corrected chi connectivity index (χ3v) is 3.87. The average molecular weight is 258 g/mol. The van der Waals surface area contributed by atoms with Crippen molar-refractivity contribution in [1.82, 2.24) is 0 Å². The van der Waals surface area contributed by atoms with Crippen LogP contribution in [0.5, 0.6) is 0 Å². The number of carbonyl (C=O) groups excluding carboxylic acids is 1. The van der Waals surface area contributed by atoms with Crippen molar-refractivity contribution in [3.8, 4) is 0 Å². The summed E-state index contributed by atoms with van der Waals surface area (Å²) in [6.45, 7) is 4.01. The molecule has 3 unspecified atom stereocenters. The molecule has 1 aliphatic rings. The minimum Gasteiger partial charge on any atom is -0.392 e. The van der Waals surface area contributed by atoms with Crippen molar-refractivity contribution in [2.45, 2.75) is 32.8 Å². The van der Waals surface area contributed by atoms with Crippen LogP contribution in [0.25, 0.3) is 6.08 Å². The Morgan fingerprint density at radius 2 is 1.95 bits per heavy atom. The number of rotatable bonds is 3. The first-order valence-electron chi connectivity index (χ1n) is 7.02. The summed E-state index contributed by atoms with van der Waals surface area (Å²) in [6, 6.07) is 10.0. The van der Waals surface area contributed by atoms with Crippen molar-refractivity contribution in [3.63, 3.8) is 0 Å². The minimum atomic E-state index is -0.494. The number of carbonyl (C=O) groups is 1. The highest BCUT2D eigenvalue weighted by Gasteiger charge is 2.36. The zero-order chi connectivity index (χ0) is 13.8. The Labute approximate surface area is 115 Å². The lowest BCUT2D eigenvalue weighted by Crippen LogP contribution is -2.39. The van der Waals surface area contributed by atoms with Gasteiger partial charge in [0.1, 0.15) is 5.78 Å². The van der Waals surface area contributed by atoms with Crippen LogP contribution in [0.1, 0.15) is 32.3 Å². The Kier molecular flexibility index (Phi) is 4.54. The normalized spacial score (nSPS) is 28.2. The first kappa shape index (κ1) is 14.0. The highest BCUT2D eigenvalue weighted by molar-refractivity contribution is 5.83. The van der Waals surface area contributed by atoms with Crippen LogP contribution in [0.15, 0.2) is 36.4 Å². The second-order valence-corrected chi connectivity index (χ2v) is 5.77. The Morgan fingerprint density at radius 3 is 2.53 bits per heavy atom. The Morgan fingerprint density at radius 1 is 1.26 bits per heavy atom. The monoisotopic (exact) mass is 258 g/mol. The lowest BCUT2D eigenvalue weighted by molar-refractivity contribution is -0.132. The van der Waals surface area contributed by atoms with Crippen molar-refractivity contribution in [3.05, 3.63) is 42.0 Å². The molecule has 0 bridgehead atoms. The van der Waals surface area contributed by atoms with Crippen molar-refractivity contribution in [1.29, 1.82) is 0 Å². The number of benzene rings is 1. The molecule has 2 nitrogen and oxygen atoms in total. The highest BCUT2D eigenvalue weighted by atomic mass is 16.3. The maximum absolute atomic E-state index is 12.1. The molecular formula is C17H22O2. The first-order chi connectivity index (χ1) is 9.08. The smallest absolute Gasteiger partial charge is 0.139 e. The second-order valence-electron chi connectivity index (χ2n) is 5.77. The number of ketones is 1. The van der Waals surface area contributed by atoms with Crippen LogP contribution in [0, 0.1) is 17.8 Å². The van der Waals surface area contributed by atoms with Crippen molar-refractivity contribution in [2.75, 3.05) is 0 Å². The van der Waals surface area contributed by atoms with Crippen molar-refractivity contribution in [2.24, 2.45) is 17.8 Å². The highest BCUT2D eigenvalue weighted by Crippen LogP contribution is 2.32. The summed E-state index contributed by atoms with van der Waals surface area (Å²) in [5.41, 5.74) is 1.13. The molecule has 0 aliphatic heterocycles. The lowest BCUT2D eigenvalue weighted by atomic mass is 9.74. The van der Waals surface area contributed by atoms with Crippen molar-refractivity contribution >= 4 is 11.9 Å². The maximum Gasteiger partial charge on any atom is 0.139 e. The van der Waals surface area contributed by atoms with Gasteiger partial charge in [-0.25, -0.2) is 0 Å². The van der Waals surface area contributed by atoms with Gasteiger partial charge in [0.25, 0.3) is 0 Å². The predicted molar refractivity (Wildman–Crippen MR) is 77.5 cm³/mol. The fraction of sp³-hybridized carbons (Fsp3) is 0.471. The van der Waals surface area contributed by atoms with Crippen LogP contribution in [-0.2, 0) is 4.79 Å². The number of aliphatic hydroxyl groups excluding tert-OH is 1. The second kappa shape index (κ2) is 6.16. The fourth-order valence-corrected chi connectivity index (χ4v) is 2.92. The molecule has 0 spiro atoms. The van der Waals surface area contributed by atoms with Gasteiger partial charge in [0.15, 0.2) is 0 Å². The summed E-state index contributed by atoms with van der Waals surface area (Å²) in [6.07, 6.45) is 4.86. The van der Waals surface area contributed by atoms with Crippen LogP contribution in [-0.4, -0.2) is 17.0 Å². The number of hydrogen-bond acceptors (Lipinski definition) is 2. The molecule has 0 radical (unpaired) electrons. The maximum atomic E-state index is 12.1. The van der Waals surface area contributed by atoms with E-state index in [0.29, 0.717) is 12.8 Å². The van der Waals surface area contributed by atoms with Crippen LogP contribution in [0.3, 0.4) is 0 Å². The molecule has 1 aromatic carbocycles. The molecular weight excluding hydrogens is 236 g/mol. The summed E-state index contributed by atoms with van der Waals surface area (Å²) >= 11 is 0. The van der Waals surface area contributed by atoms with Gasteiger partial charge in [0, 0.05) is 12.3 Å². The van der Waals surface area contributed by atoms with Crippen LogP contribution in [0.4, 0.5) is 0 Å². The van der Waals surface area contributed by atoms with E-state index in [0.717, 1.165) is 5.56 Å². The van der Waals surface area contributed by atoms with E-state index in [1.165, 1.54) is 0 Å². The summed E-state index contributed by atoms with van der Waals surface area (Å²) in [5, 5.41) is 10.1. The first-order valence-corrected chi connectivity index (χ1v) is 7.02. The third-order valence-electron chi connectivity index (χ3n) is 3.87. The summed E-state index contributed by atoms with van der Waals surface area (Å²) in [5.74, 6) is 0.414. The van der Waals surface area contributed by atoms with E-state index in [9.17, 15) is 9.90 Å². The van der Waals surface area contributed by atoms with E-state index in [2.05, 4.69) is 6.08 Å². The third kappa shape index (κ3) is 3.54. The summed E-state index contributed by atoms with van der Waals surface area (Å²) in [4.78, 5) is 12.1. The number of hydrogen-bond donors (Lipinski definition) is 1. The summed E-state index contributed by atoms with van der Waals surface area (Å²) < 4.78 is 0. The molecule has 0 aromatic heterocycles. The largest absolute Gasteiger partial charge is 0.392 e. The number of aliphatic hydroxyl groups is 1. The Hall–Kier alpha value is -1.41. The molecule has 0 heterocycles. The van der Waals surface area contributed by atoms with E-state index in [1.807, 2.05) is 50.3 Å². The van der Waals surface area contributed by atoms with E-state index in [-0.39, 0.29) is 23.5 Å².